The number of methoxy groups -OCH3 is 2. The average molecular weight is 695 g/mol. The molecule has 0 saturated carbocycles. The lowest BCUT2D eigenvalue weighted by Gasteiger charge is -2.43. The summed E-state index contributed by atoms with van der Waals surface area (Å²) in [7, 11) is 3.15. The number of piperidine rings is 1. The van der Waals surface area contributed by atoms with Gasteiger partial charge in [0.05, 0.1) is 25.6 Å². The minimum Gasteiger partial charge on any atom is -0.495 e. The van der Waals surface area contributed by atoms with E-state index in [1.54, 1.807) is 7.11 Å². The van der Waals surface area contributed by atoms with Gasteiger partial charge in [0.25, 0.3) is 5.91 Å². The predicted octanol–water partition coefficient (Wildman–Crippen LogP) is 4.58. The lowest BCUT2D eigenvalue weighted by molar-refractivity contribution is -0.140. The molecule has 5 rings (SSSR count). The van der Waals surface area contributed by atoms with Crippen molar-refractivity contribution in [1.29, 1.82) is 0 Å². The molecule has 3 fully saturated rings. The second kappa shape index (κ2) is 19.1. The van der Waals surface area contributed by atoms with E-state index in [1.165, 1.54) is 32.9 Å². The second-order valence-electron chi connectivity index (χ2n) is 13.7. The molecule has 13 nitrogen and oxygen atoms in total. The molecular weight excluding hydrogens is 636 g/mol. The van der Waals surface area contributed by atoms with Gasteiger partial charge in [-0.05, 0) is 63.6 Å². The van der Waals surface area contributed by atoms with Crippen molar-refractivity contribution in [3.05, 3.63) is 29.6 Å². The van der Waals surface area contributed by atoms with E-state index in [0.717, 1.165) is 94.9 Å². The highest BCUT2D eigenvalue weighted by molar-refractivity contribution is 5.96. The van der Waals surface area contributed by atoms with Crippen molar-refractivity contribution < 1.29 is 23.8 Å². The molecule has 4 heterocycles. The van der Waals surface area contributed by atoms with Gasteiger partial charge in [-0.15, -0.1) is 0 Å². The van der Waals surface area contributed by atoms with Crippen LogP contribution in [0.2, 0.25) is 0 Å². The minimum absolute atomic E-state index is 0.101. The normalized spacial score (nSPS) is 18.2. The number of amides is 1. The zero-order valence-corrected chi connectivity index (χ0v) is 30.4. The van der Waals surface area contributed by atoms with Crippen LogP contribution in [0.25, 0.3) is 0 Å². The van der Waals surface area contributed by atoms with Gasteiger partial charge in [0.2, 0.25) is 0 Å². The fourth-order valence-corrected chi connectivity index (χ4v) is 7.34. The Labute approximate surface area is 297 Å². The van der Waals surface area contributed by atoms with Crippen LogP contribution in [-0.4, -0.2) is 117 Å². The van der Waals surface area contributed by atoms with Gasteiger partial charge in [-0.3, -0.25) is 14.5 Å². The maximum absolute atomic E-state index is 12.4. The van der Waals surface area contributed by atoms with Gasteiger partial charge in [-0.2, -0.15) is 0 Å². The van der Waals surface area contributed by atoms with Crippen LogP contribution in [0, 0.1) is 0 Å². The molecule has 50 heavy (non-hydrogen) atoms. The van der Waals surface area contributed by atoms with E-state index >= 15 is 0 Å². The lowest BCUT2D eigenvalue weighted by atomic mass is 10.0. The number of hydrogen-bond donors (Lipinski definition) is 3. The number of ether oxygens (including phenoxy) is 3. The SMILES string of the molecule is CCc1nc(C(N)=O)c(Nc2ccc(N3CCC(N4CCN(CCCCCCCC(=O)OC)CC4)CC3)c(OC)c2)nc1NC1CCOCC1. The average Bonchev–Trinajstić information content (AvgIpc) is 3.15. The van der Waals surface area contributed by atoms with Crippen LogP contribution in [0.1, 0.15) is 87.3 Å². The molecule has 276 valence electrons. The molecule has 3 saturated heterocycles. The van der Waals surface area contributed by atoms with E-state index < -0.39 is 5.91 Å². The van der Waals surface area contributed by atoms with Crippen molar-refractivity contribution in [3.8, 4) is 5.75 Å². The van der Waals surface area contributed by atoms with Crippen molar-refractivity contribution in [3.63, 3.8) is 0 Å². The largest absolute Gasteiger partial charge is 0.495 e. The number of rotatable bonds is 17. The summed E-state index contributed by atoms with van der Waals surface area (Å²) in [4.78, 5) is 40.8. The number of benzene rings is 1. The highest BCUT2D eigenvalue weighted by Gasteiger charge is 2.29. The monoisotopic (exact) mass is 694 g/mol. The smallest absolute Gasteiger partial charge is 0.305 e. The predicted molar refractivity (Wildman–Crippen MR) is 197 cm³/mol. The summed E-state index contributed by atoms with van der Waals surface area (Å²) in [5, 5.41) is 6.83. The summed E-state index contributed by atoms with van der Waals surface area (Å²) in [6.45, 7) is 11.1. The number of hydrogen-bond acceptors (Lipinski definition) is 12. The molecule has 1 amide bonds. The maximum atomic E-state index is 12.4. The van der Waals surface area contributed by atoms with Gasteiger partial charge in [0.1, 0.15) is 5.75 Å². The Morgan fingerprint density at radius 2 is 1.64 bits per heavy atom. The Bertz CT molecular complexity index is 1390. The van der Waals surface area contributed by atoms with Crippen molar-refractivity contribution in [1.82, 2.24) is 19.8 Å². The third kappa shape index (κ3) is 10.4. The van der Waals surface area contributed by atoms with Gasteiger partial charge >= 0.3 is 5.97 Å². The summed E-state index contributed by atoms with van der Waals surface area (Å²) < 4.78 is 16.1. The van der Waals surface area contributed by atoms with Crippen LogP contribution in [0.3, 0.4) is 0 Å². The molecule has 1 aromatic heterocycles. The van der Waals surface area contributed by atoms with Crippen molar-refractivity contribution in [2.24, 2.45) is 5.73 Å². The van der Waals surface area contributed by atoms with Gasteiger partial charge in [-0.1, -0.05) is 26.2 Å². The van der Waals surface area contributed by atoms with Crippen LogP contribution >= 0.6 is 0 Å². The van der Waals surface area contributed by atoms with Gasteiger partial charge < -0.3 is 40.4 Å². The molecule has 0 unspecified atom stereocenters. The summed E-state index contributed by atoms with van der Waals surface area (Å²) in [6.07, 6.45) is 10.9. The molecule has 13 heteroatoms. The van der Waals surface area contributed by atoms with Crippen molar-refractivity contribution >= 4 is 34.9 Å². The van der Waals surface area contributed by atoms with Crippen LogP contribution < -0.4 is 26.0 Å². The zero-order chi connectivity index (χ0) is 35.3. The number of unbranched alkanes of at least 4 members (excludes halogenated alkanes) is 4. The number of carbonyl (C=O) groups is 2. The molecule has 3 aliphatic rings. The zero-order valence-electron chi connectivity index (χ0n) is 30.4. The van der Waals surface area contributed by atoms with Crippen LogP contribution in [0.5, 0.6) is 5.75 Å². The standard InChI is InChI=1S/C37H58N8O5/c1-4-30-36(39-27-15-24-50-25-16-27)42-37(34(41-30)35(38)47)40-28-11-12-31(32(26-28)48-2)45-18-13-29(14-19-45)44-22-20-43(21-23-44)17-9-7-5-6-8-10-33(46)49-3/h11-12,26-27,29H,4-10,13-25H2,1-3H3,(H2,38,47)(H2,39,40,42). The van der Waals surface area contributed by atoms with E-state index in [1.807, 2.05) is 19.1 Å². The first-order valence-electron chi connectivity index (χ1n) is 18.7. The Morgan fingerprint density at radius 3 is 2.32 bits per heavy atom. The topological polar surface area (TPSA) is 147 Å². The van der Waals surface area contributed by atoms with Gasteiger partial charge in [0.15, 0.2) is 17.3 Å². The summed E-state index contributed by atoms with van der Waals surface area (Å²) >= 11 is 0. The number of nitrogens with zero attached hydrogens (tertiary/aromatic N) is 5. The van der Waals surface area contributed by atoms with Crippen LogP contribution in [0.15, 0.2) is 18.2 Å². The maximum Gasteiger partial charge on any atom is 0.305 e. The van der Waals surface area contributed by atoms with Crippen molar-refractivity contribution in [2.45, 2.75) is 89.6 Å². The Hall–Kier alpha value is -3.68. The number of piperazine rings is 1. The Balaban J connectivity index is 1.11. The van der Waals surface area contributed by atoms with Crippen LogP contribution in [0.4, 0.5) is 23.0 Å². The molecule has 2 aromatic rings. The number of nitrogens with two attached hydrogens (primary N) is 1. The molecular formula is C37H58N8O5. The second-order valence-corrected chi connectivity index (χ2v) is 13.7. The van der Waals surface area contributed by atoms with E-state index in [0.29, 0.717) is 49.4 Å². The molecule has 0 bridgehead atoms. The van der Waals surface area contributed by atoms with E-state index in [9.17, 15) is 9.59 Å². The number of nitrogens with one attached hydrogen (secondary N) is 2. The van der Waals surface area contributed by atoms with E-state index in [4.69, 9.17) is 24.9 Å². The highest BCUT2D eigenvalue weighted by atomic mass is 16.5. The lowest BCUT2D eigenvalue weighted by Crippen LogP contribution is -2.53. The number of primary amides is 1. The number of aryl methyl sites for hydroxylation is 1. The number of anilines is 4. The molecule has 0 aliphatic carbocycles. The van der Waals surface area contributed by atoms with E-state index in [-0.39, 0.29) is 17.7 Å². The Morgan fingerprint density at radius 1 is 0.920 bits per heavy atom. The fourth-order valence-electron chi connectivity index (χ4n) is 7.34. The molecule has 4 N–H and O–H groups in total. The van der Waals surface area contributed by atoms with E-state index in [2.05, 4.69) is 36.4 Å². The molecule has 3 aliphatic heterocycles. The van der Waals surface area contributed by atoms with Crippen molar-refractivity contribution in [2.75, 3.05) is 88.8 Å². The first-order chi connectivity index (χ1) is 24.4. The summed E-state index contributed by atoms with van der Waals surface area (Å²) in [5.41, 5.74) is 8.40. The number of carbonyl (C=O) groups excluding carboxylic acids is 2. The molecule has 0 atom stereocenters. The van der Waals surface area contributed by atoms with Crippen LogP contribution in [-0.2, 0) is 20.7 Å². The minimum atomic E-state index is -0.624. The molecule has 0 radical (unpaired) electrons. The first kappa shape index (κ1) is 37.6. The van der Waals surface area contributed by atoms with Gasteiger partial charge in [-0.25, -0.2) is 9.97 Å². The van der Waals surface area contributed by atoms with Gasteiger partial charge in [0, 0.05) is 82.7 Å². The summed E-state index contributed by atoms with van der Waals surface area (Å²) in [6, 6.07) is 6.88. The quantitative estimate of drug-likeness (QED) is 0.157. The third-order valence-corrected chi connectivity index (χ3v) is 10.4. The number of aromatic nitrogens is 2. The molecule has 1 aromatic carbocycles. The fraction of sp³-hybridized carbons (Fsp3) is 0.676. The third-order valence-electron chi connectivity index (χ3n) is 10.4. The molecule has 0 spiro atoms. The Kier molecular flexibility index (Phi) is 14.3. The first-order valence-corrected chi connectivity index (χ1v) is 18.7. The number of esters is 1. The highest BCUT2D eigenvalue weighted by Crippen LogP contribution is 2.35. The summed E-state index contributed by atoms with van der Waals surface area (Å²) in [5.74, 6) is 1.04.